The summed E-state index contributed by atoms with van der Waals surface area (Å²) in [7, 11) is 0. The van der Waals surface area contributed by atoms with Crippen molar-refractivity contribution in [1.82, 2.24) is 10.6 Å². The quantitative estimate of drug-likeness (QED) is 0.852. The number of hydrogen-bond acceptors (Lipinski definition) is 2. The lowest BCUT2D eigenvalue weighted by atomic mass is 10.0. The normalized spacial score (nSPS) is 22.4. The lowest BCUT2D eigenvalue weighted by molar-refractivity contribution is -0.121. The predicted octanol–water partition coefficient (Wildman–Crippen LogP) is 2.19. The fraction of sp³-hybridized carbons (Fsp3) is 0.562. The van der Waals surface area contributed by atoms with E-state index >= 15 is 0 Å². The average Bonchev–Trinajstić information content (AvgIpc) is 2.82. The second kappa shape index (κ2) is 6.20. The van der Waals surface area contributed by atoms with E-state index in [0.29, 0.717) is 6.42 Å². The van der Waals surface area contributed by atoms with Crippen molar-refractivity contribution in [3.8, 4) is 0 Å². The van der Waals surface area contributed by atoms with Gasteiger partial charge in [-0.25, -0.2) is 0 Å². The molecule has 1 atom stereocenters. The van der Waals surface area contributed by atoms with Gasteiger partial charge in [0, 0.05) is 18.5 Å². The Balaban J connectivity index is 1.73. The highest BCUT2D eigenvalue weighted by molar-refractivity contribution is 5.76. The number of carbonyl (C=O) groups is 1. The number of benzene rings is 1. The maximum absolute atomic E-state index is 11.9. The summed E-state index contributed by atoms with van der Waals surface area (Å²) >= 11 is 0. The van der Waals surface area contributed by atoms with Crippen LogP contribution in [0.25, 0.3) is 0 Å². The van der Waals surface area contributed by atoms with Gasteiger partial charge < -0.3 is 10.6 Å². The van der Waals surface area contributed by atoms with Crippen molar-refractivity contribution in [1.29, 1.82) is 0 Å². The maximum Gasteiger partial charge on any atom is 0.220 e. The molecule has 1 aliphatic rings. The van der Waals surface area contributed by atoms with E-state index in [4.69, 9.17) is 0 Å². The minimum absolute atomic E-state index is 0.0962. The number of amides is 1. The van der Waals surface area contributed by atoms with E-state index in [1.54, 1.807) is 0 Å². The standard InChI is InChI=1S/C16H24N2O/c1-13-5-3-6-14(11-13)7-8-15(19)17-12-16(2)9-4-10-18-16/h3,5-6,11,18H,4,7-10,12H2,1-2H3,(H,17,19). The van der Waals surface area contributed by atoms with Crippen molar-refractivity contribution >= 4 is 5.91 Å². The van der Waals surface area contributed by atoms with Gasteiger partial charge >= 0.3 is 0 Å². The summed E-state index contributed by atoms with van der Waals surface area (Å²) in [5, 5.41) is 6.50. The molecule has 0 spiro atoms. The molecule has 2 rings (SSSR count). The van der Waals surface area contributed by atoms with Gasteiger partial charge in [0.1, 0.15) is 0 Å². The number of hydrogen-bond donors (Lipinski definition) is 2. The van der Waals surface area contributed by atoms with Gasteiger partial charge in [0.05, 0.1) is 0 Å². The van der Waals surface area contributed by atoms with Gasteiger partial charge in [-0.05, 0) is 45.2 Å². The molecule has 3 heteroatoms. The molecule has 1 aromatic carbocycles. The van der Waals surface area contributed by atoms with Gasteiger partial charge in [-0.1, -0.05) is 29.8 Å². The molecule has 0 saturated carbocycles. The van der Waals surface area contributed by atoms with E-state index in [0.717, 1.165) is 25.9 Å². The van der Waals surface area contributed by atoms with Crippen molar-refractivity contribution in [3.63, 3.8) is 0 Å². The largest absolute Gasteiger partial charge is 0.354 e. The smallest absolute Gasteiger partial charge is 0.220 e. The second-order valence-corrected chi connectivity index (χ2v) is 5.86. The van der Waals surface area contributed by atoms with Crippen LogP contribution >= 0.6 is 0 Å². The Morgan fingerprint density at radius 1 is 1.47 bits per heavy atom. The van der Waals surface area contributed by atoms with Crippen LogP contribution in [0.3, 0.4) is 0 Å². The van der Waals surface area contributed by atoms with Gasteiger partial charge in [-0.3, -0.25) is 4.79 Å². The van der Waals surface area contributed by atoms with Crippen molar-refractivity contribution in [2.45, 2.75) is 45.1 Å². The van der Waals surface area contributed by atoms with Crippen LogP contribution in [0.15, 0.2) is 24.3 Å². The zero-order valence-electron chi connectivity index (χ0n) is 12.0. The van der Waals surface area contributed by atoms with E-state index < -0.39 is 0 Å². The number of nitrogens with one attached hydrogen (secondary N) is 2. The fourth-order valence-corrected chi connectivity index (χ4v) is 2.62. The molecule has 3 nitrogen and oxygen atoms in total. The molecule has 0 aromatic heterocycles. The summed E-state index contributed by atoms with van der Waals surface area (Å²) in [5.41, 5.74) is 2.58. The molecule has 0 aliphatic carbocycles. The Morgan fingerprint density at radius 3 is 3.00 bits per heavy atom. The Hall–Kier alpha value is -1.35. The molecule has 2 N–H and O–H groups in total. The van der Waals surface area contributed by atoms with Gasteiger partial charge in [-0.2, -0.15) is 0 Å². The number of carbonyl (C=O) groups excluding carboxylic acids is 1. The number of rotatable bonds is 5. The van der Waals surface area contributed by atoms with Crippen LogP contribution in [-0.2, 0) is 11.2 Å². The topological polar surface area (TPSA) is 41.1 Å². The Morgan fingerprint density at radius 2 is 2.32 bits per heavy atom. The third-order valence-electron chi connectivity index (χ3n) is 3.86. The monoisotopic (exact) mass is 260 g/mol. The van der Waals surface area contributed by atoms with Gasteiger partial charge in [-0.15, -0.1) is 0 Å². The van der Waals surface area contributed by atoms with E-state index in [1.807, 2.05) is 6.07 Å². The van der Waals surface area contributed by atoms with Crippen LogP contribution in [0.1, 0.15) is 37.3 Å². The molecule has 1 unspecified atom stereocenters. The fourth-order valence-electron chi connectivity index (χ4n) is 2.62. The lowest BCUT2D eigenvalue weighted by Gasteiger charge is -2.24. The molecule has 1 amide bonds. The minimum atomic E-state index is 0.0962. The zero-order chi connectivity index (χ0) is 13.7. The third kappa shape index (κ3) is 4.35. The number of aryl methyl sites for hydroxylation is 2. The molecule has 104 valence electrons. The van der Waals surface area contributed by atoms with Crippen LogP contribution in [0.5, 0.6) is 0 Å². The highest BCUT2D eigenvalue weighted by atomic mass is 16.1. The Kier molecular flexibility index (Phi) is 4.59. The molecule has 19 heavy (non-hydrogen) atoms. The molecular weight excluding hydrogens is 236 g/mol. The first-order valence-electron chi connectivity index (χ1n) is 7.15. The molecule has 1 saturated heterocycles. The predicted molar refractivity (Wildman–Crippen MR) is 78.2 cm³/mol. The van der Waals surface area contributed by atoms with Crippen LogP contribution in [-0.4, -0.2) is 24.5 Å². The summed E-state index contributed by atoms with van der Waals surface area (Å²) in [4.78, 5) is 11.9. The van der Waals surface area contributed by atoms with Gasteiger partial charge in [0.2, 0.25) is 5.91 Å². The summed E-state index contributed by atoms with van der Waals surface area (Å²) in [6.07, 6.45) is 3.73. The van der Waals surface area contributed by atoms with Gasteiger partial charge in [0.25, 0.3) is 0 Å². The molecule has 0 radical (unpaired) electrons. The van der Waals surface area contributed by atoms with Crippen molar-refractivity contribution in [3.05, 3.63) is 35.4 Å². The summed E-state index contributed by atoms with van der Waals surface area (Å²) in [5.74, 6) is 0.149. The summed E-state index contributed by atoms with van der Waals surface area (Å²) < 4.78 is 0. The van der Waals surface area contributed by atoms with E-state index in [-0.39, 0.29) is 11.4 Å². The molecule has 1 aliphatic heterocycles. The SMILES string of the molecule is Cc1cccc(CCC(=O)NCC2(C)CCCN2)c1. The third-order valence-corrected chi connectivity index (χ3v) is 3.86. The summed E-state index contributed by atoms with van der Waals surface area (Å²) in [6.45, 7) is 6.06. The zero-order valence-corrected chi connectivity index (χ0v) is 12.0. The van der Waals surface area contributed by atoms with E-state index in [2.05, 4.69) is 42.7 Å². The van der Waals surface area contributed by atoms with Crippen molar-refractivity contribution in [2.75, 3.05) is 13.1 Å². The first-order valence-corrected chi connectivity index (χ1v) is 7.15. The lowest BCUT2D eigenvalue weighted by Crippen LogP contribution is -2.47. The van der Waals surface area contributed by atoms with Crippen LogP contribution in [0, 0.1) is 6.92 Å². The van der Waals surface area contributed by atoms with Crippen LogP contribution < -0.4 is 10.6 Å². The van der Waals surface area contributed by atoms with Crippen molar-refractivity contribution in [2.24, 2.45) is 0 Å². The maximum atomic E-state index is 11.9. The van der Waals surface area contributed by atoms with Gasteiger partial charge in [0.15, 0.2) is 0 Å². The second-order valence-electron chi connectivity index (χ2n) is 5.86. The Bertz CT molecular complexity index is 436. The average molecular weight is 260 g/mol. The Labute approximate surface area is 115 Å². The van der Waals surface area contributed by atoms with Crippen molar-refractivity contribution < 1.29 is 4.79 Å². The molecule has 0 bridgehead atoms. The minimum Gasteiger partial charge on any atom is -0.354 e. The van der Waals surface area contributed by atoms with E-state index in [9.17, 15) is 4.79 Å². The van der Waals surface area contributed by atoms with Crippen LogP contribution in [0.4, 0.5) is 0 Å². The highest BCUT2D eigenvalue weighted by Crippen LogP contribution is 2.17. The molecular formula is C16H24N2O. The van der Waals surface area contributed by atoms with E-state index in [1.165, 1.54) is 17.5 Å². The first kappa shape index (κ1) is 14.1. The highest BCUT2D eigenvalue weighted by Gasteiger charge is 2.27. The molecule has 1 aromatic rings. The molecule has 1 heterocycles. The molecule has 1 fully saturated rings. The first-order chi connectivity index (χ1) is 9.07. The van der Waals surface area contributed by atoms with Crippen LogP contribution in [0.2, 0.25) is 0 Å². The summed E-state index contributed by atoms with van der Waals surface area (Å²) in [6, 6.07) is 8.36.